The summed E-state index contributed by atoms with van der Waals surface area (Å²) >= 11 is 0. The Hall–Kier alpha value is -1.96. The molecule has 1 amide bonds. The Morgan fingerprint density at radius 1 is 1.31 bits per heavy atom. The van der Waals surface area contributed by atoms with Gasteiger partial charge in [-0.3, -0.25) is 9.18 Å². The predicted octanol–water partition coefficient (Wildman–Crippen LogP) is 3.15. The summed E-state index contributed by atoms with van der Waals surface area (Å²) in [7, 11) is 0. The highest BCUT2D eigenvalue weighted by molar-refractivity contribution is 5.73. The van der Waals surface area contributed by atoms with Crippen molar-refractivity contribution >= 4 is 17.7 Å². The molecule has 0 aromatic carbocycles. The third-order valence-corrected chi connectivity index (χ3v) is 5.20. The van der Waals surface area contributed by atoms with Crippen molar-refractivity contribution in [3.05, 3.63) is 11.8 Å². The Bertz CT molecular complexity index is 658. The Kier molecular flexibility index (Phi) is 9.07. The van der Waals surface area contributed by atoms with E-state index >= 15 is 0 Å². The second-order valence-electron chi connectivity index (χ2n) is 7.79. The van der Waals surface area contributed by atoms with Crippen LogP contribution in [0.2, 0.25) is 0 Å². The highest BCUT2D eigenvalue weighted by Gasteiger charge is 2.40. The van der Waals surface area contributed by atoms with Gasteiger partial charge in [-0.2, -0.15) is 4.98 Å². The second kappa shape index (κ2) is 11.3. The summed E-state index contributed by atoms with van der Waals surface area (Å²) in [5.74, 6) is 1.60. The molecule has 1 aromatic heterocycles. The fraction of sp³-hybridized carbons (Fsp3) is 0.762. The number of aromatic nitrogens is 2. The number of halogens is 1. The number of hydrogen-bond acceptors (Lipinski definition) is 6. The SMILES string of the molecule is CC(=O)N1CCCC(c2cc(N)nc(N3CC4CC3CO4)n2)C1.CCC.CCF. The van der Waals surface area contributed by atoms with Gasteiger partial charge in [-0.25, -0.2) is 4.98 Å². The van der Waals surface area contributed by atoms with E-state index in [2.05, 4.69) is 23.7 Å². The molecule has 4 heterocycles. The lowest BCUT2D eigenvalue weighted by molar-refractivity contribution is -0.130. The molecule has 3 aliphatic rings. The van der Waals surface area contributed by atoms with Crippen LogP contribution in [0.15, 0.2) is 6.07 Å². The quantitative estimate of drug-likeness (QED) is 0.808. The Morgan fingerprint density at radius 2 is 2.00 bits per heavy atom. The number of hydrogen-bond donors (Lipinski definition) is 1. The number of fused-ring (bicyclic) bond motifs is 2. The van der Waals surface area contributed by atoms with Gasteiger partial charge in [-0.1, -0.05) is 20.3 Å². The molecular formula is C21H36FN5O2. The van der Waals surface area contributed by atoms with Crippen LogP contribution in [0, 0.1) is 0 Å². The van der Waals surface area contributed by atoms with Gasteiger partial charge in [0.05, 0.1) is 31.1 Å². The number of nitrogens with two attached hydrogens (primary N) is 1. The molecule has 7 nitrogen and oxygen atoms in total. The van der Waals surface area contributed by atoms with Gasteiger partial charge in [0, 0.05) is 38.5 Å². The number of carbonyl (C=O) groups excluding carboxylic acids is 1. The lowest BCUT2D eigenvalue weighted by atomic mass is 9.94. The highest BCUT2D eigenvalue weighted by Crippen LogP contribution is 2.33. The molecule has 0 spiro atoms. The van der Waals surface area contributed by atoms with Crippen LogP contribution >= 0.6 is 0 Å². The van der Waals surface area contributed by atoms with Gasteiger partial charge in [0.25, 0.3) is 0 Å². The Balaban J connectivity index is 0.000000449. The molecule has 3 atom stereocenters. The van der Waals surface area contributed by atoms with Crippen LogP contribution in [0.1, 0.15) is 65.0 Å². The van der Waals surface area contributed by atoms with E-state index < -0.39 is 0 Å². The van der Waals surface area contributed by atoms with E-state index in [1.165, 1.54) is 13.3 Å². The maximum atomic E-state index is 11.7. The third-order valence-electron chi connectivity index (χ3n) is 5.20. The number of amides is 1. The molecule has 0 radical (unpaired) electrons. The summed E-state index contributed by atoms with van der Waals surface area (Å²) in [6, 6.07) is 2.23. The molecule has 3 saturated heterocycles. The maximum absolute atomic E-state index is 11.7. The minimum absolute atomic E-state index is 0.131. The summed E-state index contributed by atoms with van der Waals surface area (Å²) in [6.45, 7) is 10.2. The van der Waals surface area contributed by atoms with Gasteiger partial charge in [0.15, 0.2) is 0 Å². The highest BCUT2D eigenvalue weighted by atomic mass is 19.1. The lowest BCUT2D eigenvalue weighted by Gasteiger charge is -2.32. The number of alkyl halides is 1. The van der Waals surface area contributed by atoms with Gasteiger partial charge < -0.3 is 20.3 Å². The van der Waals surface area contributed by atoms with Gasteiger partial charge in [-0.15, -0.1) is 0 Å². The first-order valence-electron chi connectivity index (χ1n) is 10.8. The predicted molar refractivity (Wildman–Crippen MR) is 114 cm³/mol. The van der Waals surface area contributed by atoms with Gasteiger partial charge in [0.2, 0.25) is 11.9 Å². The van der Waals surface area contributed by atoms with Crippen molar-refractivity contribution in [3.8, 4) is 0 Å². The fourth-order valence-corrected chi connectivity index (χ4v) is 3.96. The summed E-state index contributed by atoms with van der Waals surface area (Å²) in [4.78, 5) is 25.0. The minimum Gasteiger partial charge on any atom is -0.384 e. The van der Waals surface area contributed by atoms with Crippen LogP contribution in [0.3, 0.4) is 0 Å². The summed E-state index contributed by atoms with van der Waals surface area (Å²) in [5, 5.41) is 0. The first kappa shape index (κ1) is 23.3. The van der Waals surface area contributed by atoms with E-state index in [0.717, 1.165) is 57.1 Å². The molecule has 3 aliphatic heterocycles. The zero-order valence-corrected chi connectivity index (χ0v) is 18.2. The van der Waals surface area contributed by atoms with Crippen molar-refractivity contribution in [2.45, 2.75) is 71.4 Å². The number of ether oxygens (including phenoxy) is 1. The minimum atomic E-state index is -0.250. The van der Waals surface area contributed by atoms with Crippen molar-refractivity contribution in [3.63, 3.8) is 0 Å². The molecule has 3 unspecified atom stereocenters. The molecular weight excluding hydrogens is 373 g/mol. The van der Waals surface area contributed by atoms with Crippen LogP contribution in [-0.2, 0) is 9.53 Å². The zero-order chi connectivity index (χ0) is 21.4. The van der Waals surface area contributed by atoms with Crippen LogP contribution in [0.4, 0.5) is 16.2 Å². The molecule has 2 bridgehead atoms. The van der Waals surface area contributed by atoms with Crippen LogP contribution in [0.25, 0.3) is 0 Å². The molecule has 164 valence electrons. The molecule has 1 aromatic rings. The number of carbonyl (C=O) groups is 1. The van der Waals surface area contributed by atoms with Gasteiger partial charge >= 0.3 is 0 Å². The normalized spacial score (nSPS) is 25.1. The molecule has 0 aliphatic carbocycles. The van der Waals surface area contributed by atoms with E-state index in [-0.39, 0.29) is 18.5 Å². The Labute approximate surface area is 173 Å². The summed E-state index contributed by atoms with van der Waals surface area (Å²) in [5.41, 5.74) is 7.00. The van der Waals surface area contributed by atoms with E-state index in [1.54, 1.807) is 6.92 Å². The molecule has 8 heteroatoms. The number of nitrogen functional groups attached to an aromatic ring is 1. The van der Waals surface area contributed by atoms with Crippen LogP contribution < -0.4 is 10.6 Å². The first-order valence-corrected chi connectivity index (χ1v) is 10.8. The average Bonchev–Trinajstić information content (AvgIpc) is 3.32. The Morgan fingerprint density at radius 3 is 2.55 bits per heavy atom. The maximum Gasteiger partial charge on any atom is 0.227 e. The van der Waals surface area contributed by atoms with Gasteiger partial charge in [-0.05, 0) is 26.2 Å². The van der Waals surface area contributed by atoms with E-state index in [4.69, 9.17) is 15.5 Å². The number of anilines is 2. The molecule has 4 rings (SSSR count). The largest absolute Gasteiger partial charge is 0.384 e. The number of piperidine rings is 1. The van der Waals surface area contributed by atoms with Gasteiger partial charge in [0.1, 0.15) is 5.82 Å². The van der Waals surface area contributed by atoms with E-state index in [1.807, 2.05) is 11.0 Å². The van der Waals surface area contributed by atoms with Crippen molar-refractivity contribution in [1.82, 2.24) is 14.9 Å². The summed E-state index contributed by atoms with van der Waals surface area (Å²) in [6.07, 6.45) is 4.65. The molecule has 2 N–H and O–H groups in total. The van der Waals surface area contributed by atoms with Crippen LogP contribution in [0.5, 0.6) is 0 Å². The molecule has 29 heavy (non-hydrogen) atoms. The number of rotatable bonds is 2. The van der Waals surface area contributed by atoms with E-state index in [9.17, 15) is 9.18 Å². The number of nitrogens with zero attached hydrogens (tertiary/aromatic N) is 4. The molecule has 0 saturated carbocycles. The topological polar surface area (TPSA) is 84.6 Å². The van der Waals surface area contributed by atoms with Crippen molar-refractivity contribution < 1.29 is 13.9 Å². The monoisotopic (exact) mass is 409 g/mol. The molecule has 3 fully saturated rings. The fourth-order valence-electron chi connectivity index (χ4n) is 3.96. The van der Waals surface area contributed by atoms with Crippen LogP contribution in [-0.4, -0.2) is 65.8 Å². The number of likely N-dealkylation sites (tertiary alicyclic amines) is 1. The zero-order valence-electron chi connectivity index (χ0n) is 18.2. The third kappa shape index (κ3) is 6.26. The first-order chi connectivity index (χ1) is 13.9. The standard InChI is InChI=1S/C16H23N5O2.C3H8.C2H5F/c1-10(22)20-4-2-3-11(7-20)14-6-15(17)19-16(18-14)21-8-13-5-12(21)9-23-13;1-3-2;1-2-3/h6,11-13H,2-5,7-9H2,1H3,(H2,17,18,19);3H2,1-2H3;2H2,1H3. The second-order valence-corrected chi connectivity index (χ2v) is 7.79. The van der Waals surface area contributed by atoms with Crippen molar-refractivity contribution in [1.29, 1.82) is 0 Å². The smallest absolute Gasteiger partial charge is 0.227 e. The lowest BCUT2D eigenvalue weighted by Crippen LogP contribution is -2.39. The average molecular weight is 410 g/mol. The summed E-state index contributed by atoms with van der Waals surface area (Å²) < 4.78 is 15.9. The van der Waals surface area contributed by atoms with E-state index in [0.29, 0.717) is 18.0 Å². The van der Waals surface area contributed by atoms with Crippen molar-refractivity contribution in [2.24, 2.45) is 0 Å². The number of morpholine rings is 1. The van der Waals surface area contributed by atoms with Crippen molar-refractivity contribution in [2.75, 3.05) is 43.5 Å².